The van der Waals surface area contributed by atoms with Crippen molar-refractivity contribution in [2.75, 3.05) is 46.0 Å². The van der Waals surface area contributed by atoms with E-state index < -0.39 is 0 Å². The van der Waals surface area contributed by atoms with Crippen molar-refractivity contribution in [1.29, 1.82) is 0 Å². The van der Waals surface area contributed by atoms with Gasteiger partial charge in [-0.25, -0.2) is 0 Å². The smallest absolute Gasteiger partial charge is 0.236 e. The summed E-state index contributed by atoms with van der Waals surface area (Å²) in [6.45, 7) is 9.03. The van der Waals surface area contributed by atoms with E-state index in [9.17, 15) is 4.79 Å². The predicted molar refractivity (Wildman–Crippen MR) is 63.8 cm³/mol. The lowest BCUT2D eigenvalue weighted by Gasteiger charge is -2.37. The molecule has 0 radical (unpaired) electrons. The highest BCUT2D eigenvalue weighted by molar-refractivity contribution is 5.78. The second kappa shape index (κ2) is 5.80. The first-order valence-corrected chi connectivity index (χ1v) is 6.38. The molecule has 2 atom stereocenters. The maximum Gasteiger partial charge on any atom is 0.236 e. The van der Waals surface area contributed by atoms with E-state index in [0.29, 0.717) is 25.8 Å². The highest BCUT2D eigenvalue weighted by atomic mass is 16.5. The summed E-state index contributed by atoms with van der Waals surface area (Å²) in [4.78, 5) is 16.2. The second-order valence-electron chi connectivity index (χ2n) is 4.92. The Morgan fingerprint density at radius 3 is 2.71 bits per heavy atom. The van der Waals surface area contributed by atoms with Gasteiger partial charge in [0.1, 0.15) is 0 Å². The number of carbonyl (C=O) groups excluding carboxylic acids is 1. The van der Waals surface area contributed by atoms with Crippen molar-refractivity contribution in [2.45, 2.75) is 26.0 Å². The number of hydrogen-bond acceptors (Lipinski definition) is 4. The predicted octanol–water partition coefficient (Wildman–Crippen LogP) is -0.0456. The number of morpholine rings is 2. The largest absolute Gasteiger partial charge is 0.378 e. The van der Waals surface area contributed by atoms with Gasteiger partial charge in [-0.05, 0) is 13.8 Å². The molecule has 1 amide bonds. The lowest BCUT2D eigenvalue weighted by Crippen LogP contribution is -2.52. The summed E-state index contributed by atoms with van der Waals surface area (Å²) in [6.07, 6.45) is 0.226. The molecule has 2 saturated heterocycles. The van der Waals surface area contributed by atoms with Gasteiger partial charge in [-0.3, -0.25) is 9.69 Å². The molecule has 5 heteroatoms. The fraction of sp³-hybridized carbons (Fsp3) is 0.917. The molecule has 0 aromatic heterocycles. The zero-order valence-corrected chi connectivity index (χ0v) is 10.7. The monoisotopic (exact) mass is 242 g/mol. The SMILES string of the molecule is CC1CN(CC(=O)N2CCOCC2)C(C)CO1. The molecule has 0 aromatic carbocycles. The first kappa shape index (κ1) is 12.8. The number of hydrogen-bond donors (Lipinski definition) is 0. The lowest BCUT2D eigenvalue weighted by molar-refractivity contribution is -0.139. The van der Waals surface area contributed by atoms with E-state index in [1.165, 1.54) is 0 Å². The minimum atomic E-state index is 0.217. The Bertz CT molecular complexity index is 266. The van der Waals surface area contributed by atoms with Crippen LogP contribution in [0.1, 0.15) is 13.8 Å². The fourth-order valence-electron chi connectivity index (χ4n) is 2.28. The van der Waals surface area contributed by atoms with Gasteiger partial charge in [0.2, 0.25) is 5.91 Å². The summed E-state index contributed by atoms with van der Waals surface area (Å²) >= 11 is 0. The Labute approximate surface area is 103 Å². The van der Waals surface area contributed by atoms with Crippen LogP contribution in [0.4, 0.5) is 0 Å². The van der Waals surface area contributed by atoms with Crippen LogP contribution in [0, 0.1) is 0 Å². The number of carbonyl (C=O) groups is 1. The third-order valence-corrected chi connectivity index (χ3v) is 3.44. The minimum Gasteiger partial charge on any atom is -0.378 e. The van der Waals surface area contributed by atoms with Gasteiger partial charge >= 0.3 is 0 Å². The molecule has 2 aliphatic heterocycles. The third kappa shape index (κ3) is 3.40. The van der Waals surface area contributed by atoms with Crippen LogP contribution < -0.4 is 0 Å². The van der Waals surface area contributed by atoms with Crippen LogP contribution in [0.25, 0.3) is 0 Å². The van der Waals surface area contributed by atoms with Gasteiger partial charge < -0.3 is 14.4 Å². The summed E-state index contributed by atoms with van der Waals surface area (Å²) in [5.74, 6) is 0.217. The van der Waals surface area contributed by atoms with Crippen LogP contribution in [-0.4, -0.2) is 73.9 Å². The molecule has 17 heavy (non-hydrogen) atoms. The molecule has 2 fully saturated rings. The van der Waals surface area contributed by atoms with E-state index in [1.807, 2.05) is 4.90 Å². The lowest BCUT2D eigenvalue weighted by atomic mass is 10.2. The van der Waals surface area contributed by atoms with Crippen LogP contribution in [0.5, 0.6) is 0 Å². The number of rotatable bonds is 2. The third-order valence-electron chi connectivity index (χ3n) is 3.44. The highest BCUT2D eigenvalue weighted by Gasteiger charge is 2.27. The standard InChI is InChI=1S/C12H22N2O3/c1-10-9-17-11(2)7-14(10)8-12(15)13-3-5-16-6-4-13/h10-11H,3-9H2,1-2H3. The van der Waals surface area contributed by atoms with E-state index in [-0.39, 0.29) is 12.0 Å². The van der Waals surface area contributed by atoms with E-state index in [0.717, 1.165) is 26.2 Å². The zero-order chi connectivity index (χ0) is 12.3. The van der Waals surface area contributed by atoms with Crippen molar-refractivity contribution in [3.63, 3.8) is 0 Å². The maximum absolute atomic E-state index is 12.1. The fourth-order valence-corrected chi connectivity index (χ4v) is 2.28. The quantitative estimate of drug-likeness (QED) is 0.681. The van der Waals surface area contributed by atoms with Gasteiger partial charge in [0.05, 0.1) is 32.5 Å². The Balaban J connectivity index is 1.83. The summed E-state index contributed by atoms with van der Waals surface area (Å²) in [5, 5.41) is 0. The van der Waals surface area contributed by atoms with Crippen molar-refractivity contribution in [3.8, 4) is 0 Å². The van der Waals surface area contributed by atoms with Crippen molar-refractivity contribution in [1.82, 2.24) is 9.80 Å². The first-order chi connectivity index (χ1) is 8.16. The van der Waals surface area contributed by atoms with Gasteiger partial charge in [0, 0.05) is 25.7 Å². The molecule has 2 rings (SSSR count). The molecule has 2 unspecified atom stereocenters. The van der Waals surface area contributed by atoms with Crippen LogP contribution in [0.3, 0.4) is 0 Å². The van der Waals surface area contributed by atoms with Crippen LogP contribution in [-0.2, 0) is 14.3 Å². The Morgan fingerprint density at radius 2 is 2.00 bits per heavy atom. The molecule has 0 N–H and O–H groups in total. The Kier molecular flexibility index (Phi) is 4.36. The van der Waals surface area contributed by atoms with Crippen molar-refractivity contribution in [3.05, 3.63) is 0 Å². The molecule has 5 nitrogen and oxygen atoms in total. The Hall–Kier alpha value is -0.650. The summed E-state index contributed by atoms with van der Waals surface area (Å²) < 4.78 is 10.8. The van der Waals surface area contributed by atoms with Gasteiger partial charge in [-0.15, -0.1) is 0 Å². The average Bonchev–Trinajstić information content (AvgIpc) is 2.35. The molecule has 0 aromatic rings. The topological polar surface area (TPSA) is 42.0 Å². The van der Waals surface area contributed by atoms with Gasteiger partial charge in [-0.2, -0.15) is 0 Å². The van der Waals surface area contributed by atoms with E-state index >= 15 is 0 Å². The molecule has 2 heterocycles. The summed E-state index contributed by atoms with van der Waals surface area (Å²) in [6, 6.07) is 0.330. The van der Waals surface area contributed by atoms with Crippen LogP contribution in [0.15, 0.2) is 0 Å². The van der Waals surface area contributed by atoms with E-state index in [2.05, 4.69) is 18.7 Å². The number of nitrogens with zero attached hydrogens (tertiary/aromatic N) is 2. The first-order valence-electron chi connectivity index (χ1n) is 6.38. The number of amides is 1. The summed E-state index contributed by atoms with van der Waals surface area (Å²) in [5.41, 5.74) is 0. The van der Waals surface area contributed by atoms with Crippen molar-refractivity contribution < 1.29 is 14.3 Å². The molecule has 0 aliphatic carbocycles. The van der Waals surface area contributed by atoms with Gasteiger partial charge in [0.25, 0.3) is 0 Å². The zero-order valence-electron chi connectivity index (χ0n) is 10.7. The van der Waals surface area contributed by atoms with Crippen LogP contribution in [0.2, 0.25) is 0 Å². The molecule has 98 valence electrons. The van der Waals surface area contributed by atoms with E-state index in [1.54, 1.807) is 0 Å². The molecule has 0 bridgehead atoms. The van der Waals surface area contributed by atoms with Gasteiger partial charge in [-0.1, -0.05) is 0 Å². The highest BCUT2D eigenvalue weighted by Crippen LogP contribution is 2.11. The second-order valence-corrected chi connectivity index (χ2v) is 4.92. The molecular formula is C12H22N2O3. The Morgan fingerprint density at radius 1 is 1.29 bits per heavy atom. The van der Waals surface area contributed by atoms with Crippen molar-refractivity contribution >= 4 is 5.91 Å². The van der Waals surface area contributed by atoms with E-state index in [4.69, 9.17) is 9.47 Å². The normalized spacial score (nSPS) is 31.5. The average molecular weight is 242 g/mol. The van der Waals surface area contributed by atoms with Crippen LogP contribution >= 0.6 is 0 Å². The molecule has 0 saturated carbocycles. The number of ether oxygens (including phenoxy) is 2. The molecular weight excluding hydrogens is 220 g/mol. The van der Waals surface area contributed by atoms with Gasteiger partial charge in [0.15, 0.2) is 0 Å². The minimum absolute atomic E-state index is 0.217. The molecule has 2 aliphatic rings. The molecule has 0 spiro atoms. The van der Waals surface area contributed by atoms with Crippen molar-refractivity contribution in [2.24, 2.45) is 0 Å². The summed E-state index contributed by atoms with van der Waals surface area (Å²) in [7, 11) is 0. The maximum atomic E-state index is 12.1.